The van der Waals surface area contributed by atoms with Gasteiger partial charge >= 0.3 is 12.1 Å². The third-order valence-corrected chi connectivity index (χ3v) is 7.70. The summed E-state index contributed by atoms with van der Waals surface area (Å²) < 4.78 is 37.9. The molecule has 6 rings (SSSR count). The fourth-order valence-electron chi connectivity index (χ4n) is 4.45. The Morgan fingerprint density at radius 1 is 1.05 bits per heavy atom. The summed E-state index contributed by atoms with van der Waals surface area (Å²) in [5.74, 6) is -0.0507. The number of carbonyl (C=O) groups is 1. The van der Waals surface area contributed by atoms with Gasteiger partial charge in [-0.2, -0.15) is 0 Å². The van der Waals surface area contributed by atoms with E-state index < -0.39 is 24.1 Å². The van der Waals surface area contributed by atoms with Gasteiger partial charge in [-0.05, 0) is 43.9 Å². The average Bonchev–Trinajstić information content (AvgIpc) is 3.39. The fourth-order valence-corrected chi connectivity index (χ4v) is 5.44. The fraction of sp³-hybridized carbons (Fsp3) is 0.310. The van der Waals surface area contributed by atoms with Crippen molar-refractivity contribution in [2.75, 3.05) is 19.0 Å². The summed E-state index contributed by atoms with van der Waals surface area (Å²) in [6, 6.07) is 7.13. The molecule has 2 atom stereocenters. The molecule has 2 aromatic carbocycles. The summed E-state index contributed by atoms with van der Waals surface area (Å²) in [6.45, 7) is 4.45. The Labute approximate surface area is 244 Å². The third-order valence-electron chi connectivity index (χ3n) is 6.65. The van der Waals surface area contributed by atoms with Gasteiger partial charge in [0.15, 0.2) is 11.6 Å². The van der Waals surface area contributed by atoms with Gasteiger partial charge in [-0.1, -0.05) is 6.92 Å². The number of amides is 1. The highest BCUT2D eigenvalue weighted by Gasteiger charge is 2.37. The topological polar surface area (TPSA) is 130 Å². The Hall–Kier alpha value is -4.65. The largest absolute Gasteiger partial charge is 0.483 e. The van der Waals surface area contributed by atoms with Gasteiger partial charge in [-0.3, -0.25) is 5.32 Å². The molecular weight excluding hydrogens is 563 g/mol. The molecule has 1 N–H and O–H groups in total. The quantitative estimate of drug-likeness (QED) is 0.215. The van der Waals surface area contributed by atoms with Crippen LogP contribution in [0.5, 0.6) is 17.6 Å². The van der Waals surface area contributed by atoms with Gasteiger partial charge in [0, 0.05) is 17.7 Å². The minimum Gasteiger partial charge on any atom is -0.483 e. The van der Waals surface area contributed by atoms with Gasteiger partial charge in [0.05, 0.1) is 59.2 Å². The highest BCUT2D eigenvalue weighted by molar-refractivity contribution is 7.21. The van der Waals surface area contributed by atoms with Crippen molar-refractivity contribution >= 4 is 44.4 Å². The predicted octanol–water partition coefficient (Wildman–Crippen LogP) is 6.10. The SMILES string of the molecule is CCCOc1ncc(NC(=O)O[C@H]2CC[C@H]2Oc2cc3sc(-c4cc(C)cc5nc(OC)cnc45)nc3cc2F)cn1. The molecule has 42 heavy (non-hydrogen) atoms. The number of halogens is 1. The summed E-state index contributed by atoms with van der Waals surface area (Å²) in [7, 11) is 1.54. The van der Waals surface area contributed by atoms with E-state index in [2.05, 4.69) is 30.2 Å². The summed E-state index contributed by atoms with van der Waals surface area (Å²) in [4.78, 5) is 34.2. The summed E-state index contributed by atoms with van der Waals surface area (Å²) in [6.07, 6.45) is 4.79. The van der Waals surface area contributed by atoms with E-state index in [-0.39, 0.29) is 11.8 Å². The van der Waals surface area contributed by atoms with Crippen LogP contribution in [0.2, 0.25) is 0 Å². The van der Waals surface area contributed by atoms with Crippen molar-refractivity contribution in [1.82, 2.24) is 24.9 Å². The number of rotatable bonds is 9. The number of ether oxygens (including phenoxy) is 4. The third kappa shape index (κ3) is 5.73. The molecule has 5 aromatic rings. The first kappa shape index (κ1) is 27.5. The molecular formula is C29H27FN6O5S. The van der Waals surface area contributed by atoms with Gasteiger partial charge in [-0.25, -0.2) is 34.1 Å². The van der Waals surface area contributed by atoms with E-state index in [4.69, 9.17) is 18.9 Å². The lowest BCUT2D eigenvalue weighted by atomic mass is 9.92. The smallest absolute Gasteiger partial charge is 0.412 e. The first-order chi connectivity index (χ1) is 20.4. The van der Waals surface area contributed by atoms with Crippen molar-refractivity contribution in [3.05, 3.63) is 54.2 Å². The standard InChI is InChI=1S/C29H27FN6O5S/c1-4-7-39-28-32-12-16(13-33-28)34-29(37)41-22-6-5-21(22)40-23-11-24-19(10-18(23)30)36-27(42-24)17-8-15(2)9-20-26(17)31-14-25(35-20)38-3/h8-14,21-22H,4-7H2,1-3H3,(H,34,37)/t21-,22+/m1/s1. The summed E-state index contributed by atoms with van der Waals surface area (Å²) in [5.41, 5.74) is 4.02. The number of anilines is 1. The van der Waals surface area contributed by atoms with Crippen molar-refractivity contribution in [3.63, 3.8) is 0 Å². The number of aromatic nitrogens is 5. The molecule has 1 fully saturated rings. The predicted molar refractivity (Wildman–Crippen MR) is 155 cm³/mol. The van der Waals surface area contributed by atoms with Crippen LogP contribution in [0, 0.1) is 12.7 Å². The van der Waals surface area contributed by atoms with Crippen molar-refractivity contribution in [3.8, 4) is 28.2 Å². The molecule has 1 aliphatic carbocycles. The zero-order valence-corrected chi connectivity index (χ0v) is 23.9. The van der Waals surface area contributed by atoms with E-state index in [1.807, 2.05) is 26.0 Å². The number of hydrogen-bond donors (Lipinski definition) is 1. The Morgan fingerprint density at radius 2 is 1.86 bits per heavy atom. The number of hydrogen-bond acceptors (Lipinski definition) is 11. The van der Waals surface area contributed by atoms with Gasteiger partial charge in [-0.15, -0.1) is 11.3 Å². The monoisotopic (exact) mass is 590 g/mol. The number of carbonyl (C=O) groups excluding carboxylic acids is 1. The molecule has 1 aliphatic rings. The second kappa shape index (κ2) is 11.7. The number of nitrogens with one attached hydrogen (secondary N) is 1. The van der Waals surface area contributed by atoms with Crippen LogP contribution in [0.3, 0.4) is 0 Å². The minimum absolute atomic E-state index is 0.0751. The number of aryl methyl sites for hydroxylation is 1. The minimum atomic E-state index is -0.673. The second-order valence-corrected chi connectivity index (χ2v) is 10.8. The molecule has 0 unspecified atom stereocenters. The normalized spacial score (nSPS) is 16.2. The van der Waals surface area contributed by atoms with E-state index in [1.165, 1.54) is 29.8 Å². The van der Waals surface area contributed by atoms with Crippen molar-refractivity contribution in [2.45, 2.75) is 45.3 Å². The maximum atomic E-state index is 15.1. The van der Waals surface area contributed by atoms with Crippen molar-refractivity contribution < 1.29 is 28.1 Å². The van der Waals surface area contributed by atoms with Gasteiger partial charge < -0.3 is 18.9 Å². The Bertz CT molecular complexity index is 1770. The lowest BCUT2D eigenvalue weighted by Crippen LogP contribution is -2.45. The number of nitrogens with zero attached hydrogens (tertiary/aromatic N) is 5. The Kier molecular flexibility index (Phi) is 7.66. The molecule has 3 aromatic heterocycles. The van der Waals surface area contributed by atoms with E-state index in [1.54, 1.807) is 19.4 Å². The Balaban J connectivity index is 1.15. The number of methoxy groups -OCH3 is 1. The first-order valence-electron chi connectivity index (χ1n) is 13.4. The Morgan fingerprint density at radius 3 is 2.60 bits per heavy atom. The van der Waals surface area contributed by atoms with Crippen LogP contribution in [-0.4, -0.2) is 56.9 Å². The number of benzene rings is 2. The number of thiazole rings is 1. The summed E-state index contributed by atoms with van der Waals surface area (Å²) >= 11 is 1.40. The van der Waals surface area contributed by atoms with Crippen LogP contribution < -0.4 is 19.5 Å². The van der Waals surface area contributed by atoms with E-state index in [0.29, 0.717) is 52.6 Å². The van der Waals surface area contributed by atoms with Crippen molar-refractivity contribution in [1.29, 1.82) is 0 Å². The van der Waals surface area contributed by atoms with Gasteiger partial charge in [0.2, 0.25) is 5.88 Å². The van der Waals surface area contributed by atoms with Crippen LogP contribution in [0.1, 0.15) is 31.7 Å². The number of fused-ring (bicyclic) bond motifs is 2. The molecule has 0 spiro atoms. The second-order valence-electron chi connectivity index (χ2n) is 9.77. The molecule has 0 aliphatic heterocycles. The van der Waals surface area contributed by atoms with E-state index >= 15 is 4.39 Å². The van der Waals surface area contributed by atoms with E-state index in [0.717, 1.165) is 22.2 Å². The maximum absolute atomic E-state index is 15.1. The molecule has 0 saturated heterocycles. The average molecular weight is 591 g/mol. The molecule has 11 nitrogen and oxygen atoms in total. The van der Waals surface area contributed by atoms with Crippen LogP contribution >= 0.6 is 11.3 Å². The molecule has 1 amide bonds. The van der Waals surface area contributed by atoms with Crippen molar-refractivity contribution in [2.24, 2.45) is 0 Å². The molecule has 1 saturated carbocycles. The highest BCUT2D eigenvalue weighted by atomic mass is 32.1. The maximum Gasteiger partial charge on any atom is 0.412 e. The lowest BCUT2D eigenvalue weighted by Gasteiger charge is -2.35. The zero-order valence-electron chi connectivity index (χ0n) is 23.1. The van der Waals surface area contributed by atoms with Gasteiger partial charge in [0.25, 0.3) is 0 Å². The van der Waals surface area contributed by atoms with Crippen LogP contribution in [0.4, 0.5) is 14.9 Å². The molecule has 0 bridgehead atoms. The van der Waals surface area contributed by atoms with Crippen LogP contribution in [0.15, 0.2) is 42.9 Å². The molecule has 0 radical (unpaired) electrons. The van der Waals surface area contributed by atoms with E-state index in [9.17, 15) is 4.79 Å². The lowest BCUT2D eigenvalue weighted by molar-refractivity contribution is -0.0431. The van der Waals surface area contributed by atoms with Crippen LogP contribution in [-0.2, 0) is 4.74 Å². The zero-order chi connectivity index (χ0) is 29.2. The van der Waals surface area contributed by atoms with Gasteiger partial charge in [0.1, 0.15) is 17.2 Å². The summed E-state index contributed by atoms with van der Waals surface area (Å²) in [5, 5.41) is 3.28. The highest BCUT2D eigenvalue weighted by Crippen LogP contribution is 2.38. The van der Waals surface area contributed by atoms with Crippen LogP contribution in [0.25, 0.3) is 31.8 Å². The molecule has 13 heteroatoms. The first-order valence-corrected chi connectivity index (χ1v) is 14.2. The molecule has 3 heterocycles. The molecule has 216 valence electrons.